The van der Waals surface area contributed by atoms with Gasteiger partial charge in [0.05, 0.1) is 18.6 Å². The van der Waals surface area contributed by atoms with Gasteiger partial charge in [-0.05, 0) is 39.0 Å². The third kappa shape index (κ3) is 2.38. The molecule has 1 heterocycles. The van der Waals surface area contributed by atoms with Gasteiger partial charge in [-0.25, -0.2) is 4.98 Å². The summed E-state index contributed by atoms with van der Waals surface area (Å²) in [5.74, 6) is 0.439. The van der Waals surface area contributed by atoms with Crippen LogP contribution in [0.1, 0.15) is 37.1 Å². The monoisotopic (exact) mass is 237 g/mol. The first-order valence-corrected chi connectivity index (χ1v) is 6.45. The lowest BCUT2D eigenvalue weighted by Crippen LogP contribution is -2.47. The summed E-state index contributed by atoms with van der Waals surface area (Å²) in [5.41, 5.74) is 8.22. The maximum absolute atomic E-state index is 9.41. The van der Waals surface area contributed by atoms with Crippen LogP contribution in [0.15, 0.2) is 6.33 Å². The Morgan fingerprint density at radius 2 is 2.35 bits per heavy atom. The van der Waals surface area contributed by atoms with E-state index in [1.54, 1.807) is 0 Å². The van der Waals surface area contributed by atoms with Crippen LogP contribution in [0, 0.1) is 19.8 Å². The van der Waals surface area contributed by atoms with Gasteiger partial charge >= 0.3 is 0 Å². The Hall–Kier alpha value is -0.870. The minimum Gasteiger partial charge on any atom is -0.394 e. The predicted octanol–water partition coefficient (Wildman–Crippen LogP) is 1.38. The predicted molar refractivity (Wildman–Crippen MR) is 67.7 cm³/mol. The summed E-state index contributed by atoms with van der Waals surface area (Å²) >= 11 is 0. The summed E-state index contributed by atoms with van der Waals surface area (Å²) in [6, 6.07) is 0. The molecule has 4 nitrogen and oxygen atoms in total. The fraction of sp³-hybridized carbons (Fsp3) is 0.769. The average molecular weight is 237 g/mol. The van der Waals surface area contributed by atoms with Gasteiger partial charge in [0.2, 0.25) is 0 Å². The van der Waals surface area contributed by atoms with E-state index in [4.69, 9.17) is 5.73 Å². The van der Waals surface area contributed by atoms with Crippen molar-refractivity contribution >= 4 is 0 Å². The Balaban J connectivity index is 1.96. The van der Waals surface area contributed by atoms with Crippen molar-refractivity contribution in [2.75, 3.05) is 6.61 Å². The third-order valence-corrected chi connectivity index (χ3v) is 4.37. The van der Waals surface area contributed by atoms with Crippen molar-refractivity contribution in [3.63, 3.8) is 0 Å². The number of rotatable bonds is 4. The molecule has 0 saturated heterocycles. The second kappa shape index (κ2) is 4.78. The van der Waals surface area contributed by atoms with E-state index in [1.165, 1.54) is 5.69 Å². The lowest BCUT2D eigenvalue weighted by Gasteiger charge is -2.29. The van der Waals surface area contributed by atoms with E-state index in [0.29, 0.717) is 5.92 Å². The Labute approximate surface area is 103 Å². The van der Waals surface area contributed by atoms with Gasteiger partial charge in [0.1, 0.15) is 0 Å². The van der Waals surface area contributed by atoms with E-state index >= 15 is 0 Å². The number of nitrogens with two attached hydrogens (primary N) is 1. The fourth-order valence-electron chi connectivity index (χ4n) is 2.87. The smallest absolute Gasteiger partial charge is 0.0951 e. The average Bonchev–Trinajstić information content (AvgIpc) is 2.84. The molecule has 17 heavy (non-hydrogen) atoms. The number of aliphatic hydroxyl groups excluding tert-OH is 1. The number of hydrogen-bond acceptors (Lipinski definition) is 3. The van der Waals surface area contributed by atoms with E-state index in [0.717, 1.165) is 37.9 Å². The first-order chi connectivity index (χ1) is 8.07. The van der Waals surface area contributed by atoms with Crippen LogP contribution in [-0.2, 0) is 6.54 Å². The molecule has 1 aliphatic rings. The zero-order valence-electron chi connectivity index (χ0n) is 10.8. The number of aryl methyl sites for hydroxylation is 2. The first-order valence-electron chi connectivity index (χ1n) is 6.45. The van der Waals surface area contributed by atoms with Crippen molar-refractivity contribution in [2.45, 2.75) is 51.6 Å². The molecule has 0 amide bonds. The van der Waals surface area contributed by atoms with E-state index in [-0.39, 0.29) is 12.1 Å². The fourth-order valence-corrected chi connectivity index (χ4v) is 2.87. The number of aliphatic hydroxyl groups is 1. The highest BCUT2D eigenvalue weighted by atomic mass is 16.3. The van der Waals surface area contributed by atoms with Crippen LogP contribution in [0.3, 0.4) is 0 Å². The Kier molecular flexibility index (Phi) is 3.54. The molecule has 1 aliphatic carbocycles. The van der Waals surface area contributed by atoms with Gasteiger partial charge in [-0.15, -0.1) is 0 Å². The van der Waals surface area contributed by atoms with Gasteiger partial charge in [0.15, 0.2) is 0 Å². The zero-order valence-corrected chi connectivity index (χ0v) is 10.8. The summed E-state index contributed by atoms with van der Waals surface area (Å²) in [4.78, 5) is 4.30. The van der Waals surface area contributed by atoms with Gasteiger partial charge in [0, 0.05) is 17.8 Å². The van der Waals surface area contributed by atoms with Gasteiger partial charge in [-0.3, -0.25) is 0 Å². The molecular weight excluding hydrogens is 214 g/mol. The van der Waals surface area contributed by atoms with Crippen LogP contribution >= 0.6 is 0 Å². The topological polar surface area (TPSA) is 64.1 Å². The molecule has 2 rings (SSSR count). The van der Waals surface area contributed by atoms with E-state index in [9.17, 15) is 5.11 Å². The van der Waals surface area contributed by atoms with Crippen molar-refractivity contribution in [1.29, 1.82) is 0 Å². The highest BCUT2D eigenvalue weighted by Crippen LogP contribution is 2.36. The molecule has 0 spiro atoms. The lowest BCUT2D eigenvalue weighted by molar-refractivity contribution is 0.152. The molecular formula is C13H23N3O. The number of aromatic nitrogens is 2. The summed E-state index contributed by atoms with van der Waals surface area (Å²) in [5, 5.41) is 9.41. The molecule has 0 radical (unpaired) electrons. The van der Waals surface area contributed by atoms with Crippen LogP contribution in [0.4, 0.5) is 0 Å². The molecule has 1 aromatic rings. The van der Waals surface area contributed by atoms with Crippen LogP contribution in [0.25, 0.3) is 0 Å². The SMILES string of the molecule is Cc1ncn(CCC2CCCC2(N)CO)c1C. The van der Waals surface area contributed by atoms with Crippen LogP contribution in [-0.4, -0.2) is 26.8 Å². The maximum Gasteiger partial charge on any atom is 0.0951 e. The van der Waals surface area contributed by atoms with E-state index in [1.807, 2.05) is 13.3 Å². The molecule has 2 unspecified atom stereocenters. The minimum absolute atomic E-state index is 0.111. The molecule has 0 aliphatic heterocycles. The van der Waals surface area contributed by atoms with Crippen molar-refractivity contribution in [1.82, 2.24) is 9.55 Å². The highest BCUT2D eigenvalue weighted by Gasteiger charge is 2.38. The number of hydrogen-bond donors (Lipinski definition) is 2. The van der Waals surface area contributed by atoms with Gasteiger partial charge in [0.25, 0.3) is 0 Å². The zero-order chi connectivity index (χ0) is 12.5. The molecule has 3 N–H and O–H groups in total. The summed E-state index contributed by atoms with van der Waals surface area (Å²) in [6.45, 7) is 5.19. The van der Waals surface area contributed by atoms with Crippen LogP contribution < -0.4 is 5.73 Å². The normalized spacial score (nSPS) is 28.8. The quantitative estimate of drug-likeness (QED) is 0.831. The summed E-state index contributed by atoms with van der Waals surface area (Å²) in [6.07, 6.45) is 6.17. The lowest BCUT2D eigenvalue weighted by atomic mass is 9.86. The Morgan fingerprint density at radius 1 is 1.59 bits per heavy atom. The molecule has 2 atom stereocenters. The van der Waals surface area contributed by atoms with Crippen molar-refractivity contribution in [2.24, 2.45) is 11.7 Å². The Bertz CT molecular complexity index is 388. The largest absolute Gasteiger partial charge is 0.394 e. The number of nitrogens with zero attached hydrogens (tertiary/aromatic N) is 2. The third-order valence-electron chi connectivity index (χ3n) is 4.37. The summed E-state index contributed by atoms with van der Waals surface area (Å²) in [7, 11) is 0. The standard InChI is InChI=1S/C13H23N3O/c1-10-11(2)16(9-15-10)7-5-12-4-3-6-13(12,14)8-17/h9,12,17H,3-8,14H2,1-2H3. The van der Waals surface area contributed by atoms with Crippen molar-refractivity contribution in [3.05, 3.63) is 17.7 Å². The first kappa shape index (κ1) is 12.6. The molecule has 1 fully saturated rings. The van der Waals surface area contributed by atoms with E-state index in [2.05, 4.69) is 16.5 Å². The summed E-state index contributed by atoms with van der Waals surface area (Å²) < 4.78 is 2.19. The minimum atomic E-state index is -0.344. The van der Waals surface area contributed by atoms with Crippen LogP contribution in [0.5, 0.6) is 0 Å². The molecule has 1 saturated carbocycles. The van der Waals surface area contributed by atoms with Crippen molar-refractivity contribution in [3.8, 4) is 0 Å². The molecule has 1 aromatic heterocycles. The van der Waals surface area contributed by atoms with Crippen LogP contribution in [0.2, 0.25) is 0 Å². The van der Waals surface area contributed by atoms with Crippen molar-refractivity contribution < 1.29 is 5.11 Å². The second-order valence-corrected chi connectivity index (χ2v) is 5.38. The molecule has 4 heteroatoms. The highest BCUT2D eigenvalue weighted by molar-refractivity contribution is 5.08. The van der Waals surface area contributed by atoms with Gasteiger partial charge in [-0.2, -0.15) is 0 Å². The number of imidazole rings is 1. The molecule has 0 bridgehead atoms. The second-order valence-electron chi connectivity index (χ2n) is 5.38. The Morgan fingerprint density at radius 3 is 2.94 bits per heavy atom. The molecule has 0 aromatic carbocycles. The molecule has 96 valence electrons. The van der Waals surface area contributed by atoms with Gasteiger partial charge < -0.3 is 15.4 Å². The maximum atomic E-state index is 9.41. The van der Waals surface area contributed by atoms with Gasteiger partial charge in [-0.1, -0.05) is 6.42 Å². The van der Waals surface area contributed by atoms with E-state index < -0.39 is 0 Å².